The van der Waals surface area contributed by atoms with Crippen molar-refractivity contribution >= 4 is 5.91 Å². The van der Waals surface area contributed by atoms with Crippen molar-refractivity contribution in [1.29, 1.82) is 0 Å². The molecule has 1 atom stereocenters. The number of carbonyl (C=O) groups is 1. The summed E-state index contributed by atoms with van der Waals surface area (Å²) in [5.41, 5.74) is 1.79. The highest BCUT2D eigenvalue weighted by atomic mass is 19.4. The van der Waals surface area contributed by atoms with Crippen LogP contribution in [0.15, 0.2) is 53.1 Å². The van der Waals surface area contributed by atoms with E-state index in [2.05, 4.69) is 15.2 Å². The van der Waals surface area contributed by atoms with E-state index in [1.165, 1.54) is 12.1 Å². The van der Waals surface area contributed by atoms with E-state index in [4.69, 9.17) is 9.26 Å². The fraction of sp³-hybridized carbons (Fsp3) is 0.238. The Balaban J connectivity index is 1.82. The first kappa shape index (κ1) is 21.2. The van der Waals surface area contributed by atoms with Gasteiger partial charge in [-0.3, -0.25) is 4.79 Å². The number of amides is 1. The maximum atomic E-state index is 12.9. The smallest absolute Gasteiger partial charge is 0.497 e. The molecule has 0 bridgehead atoms. The van der Waals surface area contributed by atoms with Crippen LogP contribution in [-0.4, -0.2) is 24.5 Å². The summed E-state index contributed by atoms with van der Waals surface area (Å²) >= 11 is 0. The molecule has 1 amide bonds. The third-order valence-electron chi connectivity index (χ3n) is 4.38. The van der Waals surface area contributed by atoms with Crippen molar-refractivity contribution in [2.24, 2.45) is 0 Å². The van der Waals surface area contributed by atoms with Crippen LogP contribution in [-0.2, 0) is 0 Å². The third kappa shape index (κ3) is 4.91. The molecule has 3 aromatic rings. The van der Waals surface area contributed by atoms with E-state index in [0.29, 0.717) is 17.0 Å². The maximum Gasteiger partial charge on any atom is 0.573 e. The molecule has 0 aliphatic carbocycles. The molecule has 158 valence electrons. The van der Waals surface area contributed by atoms with Crippen molar-refractivity contribution in [3.63, 3.8) is 0 Å². The molecule has 1 N–H and O–H groups in total. The lowest BCUT2D eigenvalue weighted by atomic mass is 10.0. The molecule has 1 heterocycles. The van der Waals surface area contributed by atoms with Gasteiger partial charge in [-0.15, -0.1) is 13.2 Å². The van der Waals surface area contributed by atoms with Gasteiger partial charge in [-0.25, -0.2) is 0 Å². The zero-order valence-corrected chi connectivity index (χ0v) is 16.4. The van der Waals surface area contributed by atoms with Gasteiger partial charge >= 0.3 is 6.36 Å². The minimum absolute atomic E-state index is 0.154. The van der Waals surface area contributed by atoms with Gasteiger partial charge in [-0.1, -0.05) is 17.3 Å². The summed E-state index contributed by atoms with van der Waals surface area (Å²) in [5.74, 6) is 0.0211. The number of halogens is 3. The molecule has 0 unspecified atom stereocenters. The van der Waals surface area contributed by atoms with Gasteiger partial charge in [0.15, 0.2) is 5.76 Å². The van der Waals surface area contributed by atoms with Gasteiger partial charge in [0.05, 0.1) is 18.8 Å². The van der Waals surface area contributed by atoms with Crippen LogP contribution in [0.4, 0.5) is 13.2 Å². The zero-order valence-electron chi connectivity index (χ0n) is 16.4. The summed E-state index contributed by atoms with van der Waals surface area (Å²) < 4.78 is 51.3. The average Bonchev–Trinajstić information content (AvgIpc) is 3.09. The molecule has 0 saturated heterocycles. The van der Waals surface area contributed by atoms with E-state index in [-0.39, 0.29) is 23.1 Å². The van der Waals surface area contributed by atoms with Crippen molar-refractivity contribution in [3.8, 4) is 22.8 Å². The fourth-order valence-corrected chi connectivity index (χ4v) is 2.91. The molecule has 0 fully saturated rings. The molecule has 3 rings (SSSR count). The lowest BCUT2D eigenvalue weighted by Gasteiger charge is -2.15. The maximum absolute atomic E-state index is 12.9. The highest BCUT2D eigenvalue weighted by molar-refractivity contribution is 6.00. The number of aryl methyl sites for hydroxylation is 1. The number of alkyl halides is 3. The topological polar surface area (TPSA) is 73.6 Å². The summed E-state index contributed by atoms with van der Waals surface area (Å²) in [6, 6.07) is 12.0. The normalized spacial score (nSPS) is 12.3. The first-order valence-electron chi connectivity index (χ1n) is 8.95. The SMILES string of the molecule is COc1cccc([C@@H](C)NC(=O)c2c(C)noc2-c2ccc(OC(F)(F)F)cc2)c1. The van der Waals surface area contributed by atoms with Gasteiger partial charge in [0.25, 0.3) is 5.91 Å². The summed E-state index contributed by atoms with van der Waals surface area (Å²) in [6.07, 6.45) is -4.79. The molecule has 1 aromatic heterocycles. The number of methoxy groups -OCH3 is 1. The van der Waals surface area contributed by atoms with Crippen LogP contribution < -0.4 is 14.8 Å². The van der Waals surface area contributed by atoms with E-state index in [1.807, 2.05) is 25.1 Å². The van der Waals surface area contributed by atoms with Gasteiger partial charge in [0.1, 0.15) is 17.1 Å². The Labute approximate surface area is 170 Å². The second kappa shape index (κ2) is 8.48. The molecule has 0 radical (unpaired) electrons. The number of rotatable bonds is 6. The second-order valence-corrected chi connectivity index (χ2v) is 6.52. The molecule has 0 aliphatic rings. The predicted octanol–water partition coefficient (Wildman–Crippen LogP) is 5.05. The molecule has 0 spiro atoms. The van der Waals surface area contributed by atoms with Crippen molar-refractivity contribution in [1.82, 2.24) is 10.5 Å². The van der Waals surface area contributed by atoms with Crippen LogP contribution in [0.2, 0.25) is 0 Å². The third-order valence-corrected chi connectivity index (χ3v) is 4.38. The predicted molar refractivity (Wildman–Crippen MR) is 102 cm³/mol. The molecule has 0 saturated carbocycles. The standard InChI is InChI=1S/C21H19F3N2O4/c1-12(15-5-4-6-17(11-15)28-3)25-20(27)18-13(2)26-30-19(18)14-7-9-16(10-8-14)29-21(22,23)24/h4-12H,1-3H3,(H,25,27)/t12-/m1/s1. The van der Waals surface area contributed by atoms with E-state index in [0.717, 1.165) is 17.7 Å². The van der Waals surface area contributed by atoms with Crippen molar-refractivity contribution < 1.29 is 32.0 Å². The first-order valence-corrected chi connectivity index (χ1v) is 8.95. The molecular weight excluding hydrogens is 401 g/mol. The van der Waals surface area contributed by atoms with Crippen LogP contribution in [0.5, 0.6) is 11.5 Å². The molecule has 2 aromatic carbocycles. The number of hydrogen-bond donors (Lipinski definition) is 1. The summed E-state index contributed by atoms with van der Waals surface area (Å²) in [6.45, 7) is 3.43. The number of ether oxygens (including phenoxy) is 2. The van der Waals surface area contributed by atoms with Crippen LogP contribution in [0.25, 0.3) is 11.3 Å². The fourth-order valence-electron chi connectivity index (χ4n) is 2.91. The minimum Gasteiger partial charge on any atom is -0.497 e. The van der Waals surface area contributed by atoms with E-state index < -0.39 is 12.3 Å². The number of benzene rings is 2. The van der Waals surface area contributed by atoms with E-state index in [9.17, 15) is 18.0 Å². The van der Waals surface area contributed by atoms with Crippen LogP contribution in [0.1, 0.15) is 34.6 Å². The monoisotopic (exact) mass is 420 g/mol. The largest absolute Gasteiger partial charge is 0.573 e. The Morgan fingerprint density at radius 2 is 1.83 bits per heavy atom. The number of carbonyl (C=O) groups excluding carboxylic acids is 1. The Kier molecular flexibility index (Phi) is 6.00. The molecule has 30 heavy (non-hydrogen) atoms. The van der Waals surface area contributed by atoms with Crippen molar-refractivity contribution in [2.45, 2.75) is 26.3 Å². The average molecular weight is 420 g/mol. The first-order chi connectivity index (χ1) is 14.2. The highest BCUT2D eigenvalue weighted by Gasteiger charge is 2.31. The van der Waals surface area contributed by atoms with E-state index in [1.54, 1.807) is 20.1 Å². The Bertz CT molecular complexity index is 1030. The van der Waals surface area contributed by atoms with Crippen LogP contribution in [0.3, 0.4) is 0 Å². The van der Waals surface area contributed by atoms with Gasteiger partial charge in [0, 0.05) is 5.56 Å². The van der Waals surface area contributed by atoms with Crippen molar-refractivity contribution in [2.75, 3.05) is 7.11 Å². The molecule has 9 heteroatoms. The Hall–Kier alpha value is -3.49. The molecular formula is C21H19F3N2O4. The second-order valence-electron chi connectivity index (χ2n) is 6.52. The van der Waals surface area contributed by atoms with Gasteiger partial charge in [-0.05, 0) is 55.8 Å². The number of hydrogen-bond acceptors (Lipinski definition) is 5. The van der Waals surface area contributed by atoms with E-state index >= 15 is 0 Å². The number of aromatic nitrogens is 1. The van der Waals surface area contributed by atoms with Gasteiger partial charge < -0.3 is 19.3 Å². The number of nitrogens with one attached hydrogen (secondary N) is 1. The Morgan fingerprint density at radius 1 is 1.13 bits per heavy atom. The summed E-state index contributed by atoms with van der Waals surface area (Å²) in [7, 11) is 1.56. The lowest BCUT2D eigenvalue weighted by Crippen LogP contribution is -2.27. The van der Waals surface area contributed by atoms with Crippen LogP contribution >= 0.6 is 0 Å². The summed E-state index contributed by atoms with van der Waals surface area (Å²) in [5, 5.41) is 6.71. The quantitative estimate of drug-likeness (QED) is 0.604. The van der Waals surface area contributed by atoms with Crippen molar-refractivity contribution in [3.05, 3.63) is 65.4 Å². The van der Waals surface area contributed by atoms with Crippen LogP contribution in [0, 0.1) is 6.92 Å². The molecule has 0 aliphatic heterocycles. The highest BCUT2D eigenvalue weighted by Crippen LogP contribution is 2.30. The van der Waals surface area contributed by atoms with Gasteiger partial charge in [0.2, 0.25) is 0 Å². The van der Waals surface area contributed by atoms with Gasteiger partial charge in [-0.2, -0.15) is 0 Å². The molecule has 6 nitrogen and oxygen atoms in total. The summed E-state index contributed by atoms with van der Waals surface area (Å²) in [4.78, 5) is 12.9. The minimum atomic E-state index is -4.79. The Morgan fingerprint density at radius 3 is 2.47 bits per heavy atom. The zero-order chi connectivity index (χ0) is 21.9. The number of nitrogens with zero attached hydrogens (tertiary/aromatic N) is 1. The lowest BCUT2D eigenvalue weighted by molar-refractivity contribution is -0.274.